The number of carbonyl (C=O) groups is 1. The van der Waals surface area contributed by atoms with E-state index in [1.807, 2.05) is 0 Å². The number of hydrogen-bond acceptors (Lipinski definition) is 2. The van der Waals surface area contributed by atoms with Crippen molar-refractivity contribution in [3.05, 3.63) is 0 Å². The molecule has 4 saturated carbocycles. The highest BCUT2D eigenvalue weighted by Gasteiger charge is 2.53. The van der Waals surface area contributed by atoms with Gasteiger partial charge in [0, 0.05) is 6.04 Å². The topological polar surface area (TPSA) is 41.1 Å². The van der Waals surface area contributed by atoms with Crippen LogP contribution in [0.4, 0.5) is 0 Å². The first kappa shape index (κ1) is 14.0. The largest absolute Gasteiger partial charge is 0.351 e. The highest BCUT2D eigenvalue weighted by Crippen LogP contribution is 2.61. The molecule has 2 atom stereocenters. The lowest BCUT2D eigenvalue weighted by atomic mass is 9.48. The molecule has 5 fully saturated rings. The summed E-state index contributed by atoms with van der Waals surface area (Å²) < 4.78 is 0. The normalized spacial score (nSPS) is 49.3. The SMILES string of the molecule is CC(NC(=O)C1(C)CCCN1)C12CC3CC(CC(C3)C1)C2. The number of amides is 1. The molecule has 5 aliphatic rings. The van der Waals surface area contributed by atoms with Crippen LogP contribution in [0.25, 0.3) is 0 Å². The standard InChI is InChI=1S/C18H30N2O/c1-12(20-16(21)17(2)4-3-5-19-17)18-9-13-6-14(10-18)8-15(7-13)11-18/h12-15,19H,3-11H2,1-2H3,(H,20,21). The summed E-state index contributed by atoms with van der Waals surface area (Å²) in [5, 5.41) is 6.82. The number of carbonyl (C=O) groups excluding carboxylic acids is 1. The van der Waals surface area contributed by atoms with E-state index in [0.717, 1.165) is 37.1 Å². The first-order valence-electron chi connectivity index (χ1n) is 9.05. The molecule has 3 nitrogen and oxygen atoms in total. The molecule has 1 aliphatic heterocycles. The molecule has 4 bridgehead atoms. The van der Waals surface area contributed by atoms with Crippen molar-refractivity contribution >= 4 is 5.91 Å². The van der Waals surface area contributed by atoms with Crippen molar-refractivity contribution in [3.63, 3.8) is 0 Å². The summed E-state index contributed by atoms with van der Waals surface area (Å²) in [7, 11) is 0. The Morgan fingerprint density at radius 3 is 2.19 bits per heavy atom. The maximum absolute atomic E-state index is 12.7. The maximum atomic E-state index is 12.7. The van der Waals surface area contributed by atoms with E-state index in [9.17, 15) is 4.79 Å². The summed E-state index contributed by atoms with van der Waals surface area (Å²) in [6, 6.07) is 0.345. The zero-order chi connectivity index (χ0) is 14.7. The molecule has 1 heterocycles. The fourth-order valence-corrected chi connectivity index (χ4v) is 6.31. The molecule has 0 aromatic carbocycles. The van der Waals surface area contributed by atoms with Crippen LogP contribution in [0.1, 0.15) is 65.2 Å². The van der Waals surface area contributed by atoms with Crippen molar-refractivity contribution in [2.45, 2.75) is 76.8 Å². The maximum Gasteiger partial charge on any atom is 0.240 e. The van der Waals surface area contributed by atoms with Gasteiger partial charge in [0.1, 0.15) is 0 Å². The second kappa shape index (κ2) is 4.71. The lowest BCUT2D eigenvalue weighted by Gasteiger charge is -2.59. The molecule has 1 amide bonds. The van der Waals surface area contributed by atoms with Crippen molar-refractivity contribution in [2.24, 2.45) is 23.2 Å². The minimum absolute atomic E-state index is 0.239. The van der Waals surface area contributed by atoms with Crippen molar-refractivity contribution < 1.29 is 4.79 Å². The van der Waals surface area contributed by atoms with E-state index in [1.54, 1.807) is 0 Å². The smallest absolute Gasteiger partial charge is 0.240 e. The molecule has 1 saturated heterocycles. The molecule has 0 aromatic heterocycles. The Hall–Kier alpha value is -0.570. The van der Waals surface area contributed by atoms with Gasteiger partial charge in [-0.2, -0.15) is 0 Å². The Morgan fingerprint density at radius 2 is 1.71 bits per heavy atom. The minimum atomic E-state index is -0.323. The first-order valence-corrected chi connectivity index (χ1v) is 9.05. The van der Waals surface area contributed by atoms with Crippen molar-refractivity contribution in [1.82, 2.24) is 10.6 Å². The van der Waals surface area contributed by atoms with Gasteiger partial charge in [0.2, 0.25) is 5.91 Å². The lowest BCUT2D eigenvalue weighted by Crippen LogP contribution is -2.60. The molecule has 5 rings (SSSR count). The van der Waals surface area contributed by atoms with E-state index < -0.39 is 0 Å². The quantitative estimate of drug-likeness (QED) is 0.839. The summed E-state index contributed by atoms with van der Waals surface area (Å²) in [5.41, 5.74) is 0.0932. The molecule has 21 heavy (non-hydrogen) atoms. The summed E-state index contributed by atoms with van der Waals surface area (Å²) in [6.45, 7) is 5.33. The zero-order valence-electron chi connectivity index (χ0n) is 13.6. The molecular formula is C18H30N2O. The van der Waals surface area contributed by atoms with Gasteiger partial charge in [-0.05, 0) is 94.9 Å². The van der Waals surface area contributed by atoms with Crippen LogP contribution < -0.4 is 10.6 Å². The third kappa shape index (κ3) is 2.23. The van der Waals surface area contributed by atoms with Gasteiger partial charge in [-0.15, -0.1) is 0 Å². The number of nitrogens with one attached hydrogen (secondary N) is 2. The fourth-order valence-electron chi connectivity index (χ4n) is 6.31. The summed E-state index contributed by atoms with van der Waals surface area (Å²) in [4.78, 5) is 12.7. The Kier molecular flexibility index (Phi) is 3.15. The predicted molar refractivity (Wildman–Crippen MR) is 83.9 cm³/mol. The third-order valence-electron chi connectivity index (χ3n) is 7.22. The molecule has 4 aliphatic carbocycles. The van der Waals surface area contributed by atoms with Crippen LogP contribution in [0.5, 0.6) is 0 Å². The van der Waals surface area contributed by atoms with Crippen molar-refractivity contribution in [1.29, 1.82) is 0 Å². The number of hydrogen-bond donors (Lipinski definition) is 2. The second-order valence-electron chi connectivity index (χ2n) is 8.84. The molecular weight excluding hydrogens is 260 g/mol. The molecule has 0 spiro atoms. The monoisotopic (exact) mass is 290 g/mol. The molecule has 118 valence electrons. The lowest BCUT2D eigenvalue weighted by molar-refractivity contribution is -0.131. The Balaban J connectivity index is 1.47. The van der Waals surface area contributed by atoms with Crippen LogP contribution in [0, 0.1) is 23.2 Å². The summed E-state index contributed by atoms with van der Waals surface area (Å²) in [6.07, 6.45) is 10.6. The Labute approximate surface area is 128 Å². The van der Waals surface area contributed by atoms with Crippen LogP contribution in [0.3, 0.4) is 0 Å². The third-order valence-corrected chi connectivity index (χ3v) is 7.22. The molecule has 2 unspecified atom stereocenters. The van der Waals surface area contributed by atoms with E-state index in [4.69, 9.17) is 0 Å². The molecule has 0 aromatic rings. The van der Waals surface area contributed by atoms with Gasteiger partial charge >= 0.3 is 0 Å². The predicted octanol–water partition coefficient (Wildman–Crippen LogP) is 2.85. The second-order valence-corrected chi connectivity index (χ2v) is 8.84. The van der Waals surface area contributed by atoms with Crippen LogP contribution in [-0.4, -0.2) is 24.0 Å². The van der Waals surface area contributed by atoms with Gasteiger partial charge in [-0.25, -0.2) is 0 Å². The number of rotatable bonds is 3. The van der Waals surface area contributed by atoms with E-state index >= 15 is 0 Å². The van der Waals surface area contributed by atoms with E-state index in [1.165, 1.54) is 38.5 Å². The van der Waals surface area contributed by atoms with Gasteiger partial charge in [-0.3, -0.25) is 4.79 Å². The highest BCUT2D eigenvalue weighted by atomic mass is 16.2. The van der Waals surface area contributed by atoms with Gasteiger partial charge in [-0.1, -0.05) is 0 Å². The van der Waals surface area contributed by atoms with Crippen LogP contribution in [0.15, 0.2) is 0 Å². The van der Waals surface area contributed by atoms with Crippen molar-refractivity contribution in [2.75, 3.05) is 6.54 Å². The minimum Gasteiger partial charge on any atom is -0.351 e. The van der Waals surface area contributed by atoms with Crippen LogP contribution >= 0.6 is 0 Å². The summed E-state index contributed by atoms with van der Waals surface area (Å²) in [5.74, 6) is 3.10. The average Bonchev–Trinajstić information content (AvgIpc) is 2.85. The highest BCUT2D eigenvalue weighted by molar-refractivity contribution is 5.86. The van der Waals surface area contributed by atoms with E-state index in [2.05, 4.69) is 24.5 Å². The summed E-state index contributed by atoms with van der Waals surface area (Å²) >= 11 is 0. The molecule has 2 N–H and O–H groups in total. The Morgan fingerprint density at radius 1 is 1.14 bits per heavy atom. The molecule has 0 radical (unpaired) electrons. The van der Waals surface area contributed by atoms with Crippen LogP contribution in [-0.2, 0) is 4.79 Å². The average molecular weight is 290 g/mol. The van der Waals surface area contributed by atoms with Gasteiger partial charge < -0.3 is 10.6 Å². The molecule has 3 heteroatoms. The zero-order valence-corrected chi connectivity index (χ0v) is 13.6. The van der Waals surface area contributed by atoms with Gasteiger partial charge in [0.15, 0.2) is 0 Å². The van der Waals surface area contributed by atoms with E-state index in [-0.39, 0.29) is 11.4 Å². The van der Waals surface area contributed by atoms with Crippen molar-refractivity contribution in [3.8, 4) is 0 Å². The van der Waals surface area contributed by atoms with Crippen LogP contribution in [0.2, 0.25) is 0 Å². The van der Waals surface area contributed by atoms with Gasteiger partial charge in [0.25, 0.3) is 0 Å². The van der Waals surface area contributed by atoms with E-state index in [0.29, 0.717) is 11.5 Å². The Bertz CT molecular complexity index is 403. The van der Waals surface area contributed by atoms with Gasteiger partial charge in [0.05, 0.1) is 5.54 Å². The fraction of sp³-hybridized carbons (Fsp3) is 0.944. The first-order chi connectivity index (χ1) is 9.99.